The predicted molar refractivity (Wildman–Crippen MR) is 87.4 cm³/mol. The number of methoxy groups -OCH3 is 1. The largest absolute Gasteiger partial charge is 0.487 e. The summed E-state index contributed by atoms with van der Waals surface area (Å²) in [5, 5.41) is 0.219. The molecule has 23 heavy (non-hydrogen) atoms. The molecule has 0 saturated carbocycles. The lowest BCUT2D eigenvalue weighted by Gasteiger charge is -2.14. The molecule has 0 spiro atoms. The first-order valence-electron chi connectivity index (χ1n) is 7.15. The maximum Gasteiger partial charge on any atom is 0.309 e. The molecule has 5 heteroatoms. The van der Waals surface area contributed by atoms with Gasteiger partial charge >= 0.3 is 5.97 Å². The van der Waals surface area contributed by atoms with Gasteiger partial charge in [-0.15, -0.1) is 0 Å². The van der Waals surface area contributed by atoms with E-state index in [9.17, 15) is 9.18 Å². The molecule has 0 radical (unpaired) electrons. The van der Waals surface area contributed by atoms with E-state index >= 15 is 0 Å². The number of rotatable bonds is 5. The highest BCUT2D eigenvalue weighted by molar-refractivity contribution is 6.32. The van der Waals surface area contributed by atoms with Crippen molar-refractivity contribution in [2.75, 3.05) is 7.11 Å². The number of carbonyl (C=O) groups excluding carboxylic acids is 1. The van der Waals surface area contributed by atoms with Crippen molar-refractivity contribution in [3.8, 4) is 5.75 Å². The molecule has 0 fully saturated rings. The summed E-state index contributed by atoms with van der Waals surface area (Å²) in [5.41, 5.74) is 3.20. The van der Waals surface area contributed by atoms with Gasteiger partial charge in [-0.2, -0.15) is 0 Å². The Balaban J connectivity index is 2.23. The minimum atomic E-state index is -0.371. The van der Waals surface area contributed by atoms with Crippen LogP contribution in [0.15, 0.2) is 30.3 Å². The van der Waals surface area contributed by atoms with Crippen molar-refractivity contribution in [2.24, 2.45) is 0 Å². The Morgan fingerprint density at radius 2 is 1.96 bits per heavy atom. The summed E-state index contributed by atoms with van der Waals surface area (Å²) >= 11 is 6.01. The molecular weight excluding hydrogens is 319 g/mol. The number of ether oxygens (including phenoxy) is 2. The van der Waals surface area contributed by atoms with Gasteiger partial charge in [-0.1, -0.05) is 29.8 Å². The van der Waals surface area contributed by atoms with Gasteiger partial charge in [-0.3, -0.25) is 4.79 Å². The Labute approximate surface area is 140 Å². The number of carbonyl (C=O) groups is 1. The highest BCUT2D eigenvalue weighted by Crippen LogP contribution is 2.29. The molecule has 0 bridgehead atoms. The van der Waals surface area contributed by atoms with E-state index in [1.165, 1.54) is 13.2 Å². The Morgan fingerprint density at radius 3 is 2.65 bits per heavy atom. The molecule has 0 saturated heterocycles. The van der Waals surface area contributed by atoms with Gasteiger partial charge in [0.05, 0.1) is 18.6 Å². The molecule has 2 rings (SSSR count). The van der Waals surface area contributed by atoms with Gasteiger partial charge in [0.15, 0.2) is 0 Å². The molecule has 2 aromatic carbocycles. The molecule has 3 nitrogen and oxygen atoms in total. The van der Waals surface area contributed by atoms with Gasteiger partial charge in [0.25, 0.3) is 0 Å². The second kappa shape index (κ2) is 7.47. The molecular formula is C18H18ClFO3. The second-order valence-corrected chi connectivity index (χ2v) is 5.69. The first-order chi connectivity index (χ1) is 10.9. The van der Waals surface area contributed by atoms with Crippen molar-refractivity contribution >= 4 is 17.6 Å². The van der Waals surface area contributed by atoms with E-state index in [2.05, 4.69) is 0 Å². The third-order valence-corrected chi connectivity index (χ3v) is 3.95. The highest BCUT2D eigenvalue weighted by atomic mass is 35.5. The molecule has 2 aromatic rings. The van der Waals surface area contributed by atoms with Crippen LogP contribution in [0.4, 0.5) is 4.39 Å². The smallest absolute Gasteiger partial charge is 0.309 e. The van der Waals surface area contributed by atoms with Crippen LogP contribution in [-0.4, -0.2) is 13.1 Å². The summed E-state index contributed by atoms with van der Waals surface area (Å²) in [6, 6.07) is 8.48. The van der Waals surface area contributed by atoms with Crippen LogP contribution in [0.5, 0.6) is 5.75 Å². The van der Waals surface area contributed by atoms with E-state index in [1.807, 2.05) is 25.1 Å². The van der Waals surface area contributed by atoms with Crippen molar-refractivity contribution in [2.45, 2.75) is 26.9 Å². The fraction of sp³-hybridized carbons (Fsp3) is 0.278. The minimum Gasteiger partial charge on any atom is -0.487 e. The zero-order valence-electron chi connectivity index (χ0n) is 13.3. The van der Waals surface area contributed by atoms with Gasteiger partial charge in [0, 0.05) is 0 Å². The fourth-order valence-electron chi connectivity index (χ4n) is 2.25. The molecule has 0 amide bonds. The summed E-state index contributed by atoms with van der Waals surface area (Å²) in [7, 11) is 1.36. The van der Waals surface area contributed by atoms with Gasteiger partial charge < -0.3 is 9.47 Å². The van der Waals surface area contributed by atoms with Gasteiger partial charge in [0.1, 0.15) is 18.2 Å². The van der Waals surface area contributed by atoms with Crippen LogP contribution < -0.4 is 4.74 Å². The zero-order valence-corrected chi connectivity index (χ0v) is 14.0. The Morgan fingerprint density at radius 1 is 1.22 bits per heavy atom. The van der Waals surface area contributed by atoms with E-state index in [0.717, 1.165) is 16.7 Å². The SMILES string of the molecule is COC(=O)Cc1cccc(C)c1COc1cc(C)c(F)cc1Cl. The molecule has 122 valence electrons. The van der Waals surface area contributed by atoms with E-state index in [4.69, 9.17) is 21.1 Å². The van der Waals surface area contributed by atoms with Gasteiger partial charge in [-0.25, -0.2) is 4.39 Å². The van der Waals surface area contributed by atoms with Crippen molar-refractivity contribution in [3.05, 3.63) is 63.4 Å². The van der Waals surface area contributed by atoms with Crippen molar-refractivity contribution in [1.82, 2.24) is 0 Å². The molecule has 0 aliphatic heterocycles. The zero-order chi connectivity index (χ0) is 17.0. The van der Waals surface area contributed by atoms with Crippen LogP contribution in [0, 0.1) is 19.7 Å². The van der Waals surface area contributed by atoms with Gasteiger partial charge in [0.2, 0.25) is 0 Å². The number of halogens is 2. The van der Waals surface area contributed by atoms with Crippen LogP contribution >= 0.6 is 11.6 Å². The lowest BCUT2D eigenvalue weighted by Crippen LogP contribution is -2.09. The Kier molecular flexibility index (Phi) is 5.61. The van der Waals surface area contributed by atoms with E-state index in [1.54, 1.807) is 13.0 Å². The van der Waals surface area contributed by atoms with E-state index in [0.29, 0.717) is 11.3 Å². The van der Waals surface area contributed by atoms with Crippen molar-refractivity contribution in [1.29, 1.82) is 0 Å². The van der Waals surface area contributed by atoms with Crippen molar-refractivity contribution in [3.63, 3.8) is 0 Å². The summed E-state index contributed by atoms with van der Waals surface area (Å²) < 4.78 is 23.9. The third kappa shape index (κ3) is 4.23. The lowest BCUT2D eigenvalue weighted by atomic mass is 10.0. The molecule has 0 aliphatic rings. The number of aryl methyl sites for hydroxylation is 2. The molecule has 0 heterocycles. The first kappa shape index (κ1) is 17.3. The lowest BCUT2D eigenvalue weighted by molar-refractivity contribution is -0.139. The summed E-state index contributed by atoms with van der Waals surface area (Å²) in [6.07, 6.45) is 0.174. The second-order valence-electron chi connectivity index (χ2n) is 5.29. The van der Waals surface area contributed by atoms with Crippen LogP contribution in [0.25, 0.3) is 0 Å². The number of esters is 1. The summed E-state index contributed by atoms with van der Waals surface area (Å²) in [6.45, 7) is 3.83. The normalized spacial score (nSPS) is 10.5. The van der Waals surface area contributed by atoms with Crippen LogP contribution in [-0.2, 0) is 22.6 Å². The van der Waals surface area contributed by atoms with Gasteiger partial charge in [-0.05, 0) is 48.2 Å². The summed E-state index contributed by atoms with van der Waals surface area (Å²) in [4.78, 5) is 11.5. The average molecular weight is 337 g/mol. The average Bonchev–Trinajstić information content (AvgIpc) is 2.51. The van der Waals surface area contributed by atoms with Crippen LogP contribution in [0.2, 0.25) is 5.02 Å². The van der Waals surface area contributed by atoms with Crippen molar-refractivity contribution < 1.29 is 18.7 Å². The maximum atomic E-state index is 13.4. The fourth-order valence-corrected chi connectivity index (χ4v) is 2.46. The van der Waals surface area contributed by atoms with Crippen LogP contribution in [0.1, 0.15) is 22.3 Å². The van der Waals surface area contributed by atoms with E-state index in [-0.39, 0.29) is 29.8 Å². The summed E-state index contributed by atoms with van der Waals surface area (Å²) in [5.74, 6) is -0.269. The topological polar surface area (TPSA) is 35.5 Å². The van der Waals surface area contributed by atoms with Crippen LogP contribution in [0.3, 0.4) is 0 Å². The minimum absolute atomic E-state index is 0.174. The number of hydrogen-bond donors (Lipinski definition) is 0. The molecule has 0 atom stereocenters. The monoisotopic (exact) mass is 336 g/mol. The standard InChI is InChI=1S/C18H18ClFO3/c1-11-5-4-6-13(8-18(21)22-3)14(11)10-23-17-7-12(2)16(20)9-15(17)19/h4-7,9H,8,10H2,1-3H3. The first-order valence-corrected chi connectivity index (χ1v) is 7.52. The molecule has 0 N–H and O–H groups in total. The Bertz CT molecular complexity index is 728. The quantitative estimate of drug-likeness (QED) is 0.760. The maximum absolute atomic E-state index is 13.4. The number of benzene rings is 2. The highest BCUT2D eigenvalue weighted by Gasteiger charge is 2.13. The van der Waals surface area contributed by atoms with E-state index < -0.39 is 0 Å². The third-order valence-electron chi connectivity index (χ3n) is 3.65. The Hall–Kier alpha value is -2.07. The molecule has 0 aliphatic carbocycles. The molecule has 0 aromatic heterocycles. The predicted octanol–water partition coefficient (Wildman–Crippen LogP) is 4.39. The molecule has 0 unspecified atom stereocenters. The number of hydrogen-bond acceptors (Lipinski definition) is 3.